The lowest BCUT2D eigenvalue weighted by Gasteiger charge is -2.07. The number of unbranched alkanes of at least 4 members (excludes halogenated alkanes) is 1. The van der Waals surface area contributed by atoms with Crippen molar-refractivity contribution in [2.75, 3.05) is 33.5 Å². The minimum absolute atomic E-state index is 0.334. The lowest BCUT2D eigenvalue weighted by Crippen LogP contribution is -2.16. The molecular formula is C15H21FN2O2. The molecule has 0 radical (unpaired) electrons. The van der Waals surface area contributed by atoms with E-state index in [2.05, 4.69) is 5.32 Å². The largest absolute Gasteiger partial charge is 0.382 e. The average molecular weight is 280 g/mol. The maximum Gasteiger partial charge on any atom is 0.129 e. The predicted octanol–water partition coefficient (Wildman–Crippen LogP) is 2.23. The average Bonchev–Trinajstić information content (AvgIpc) is 2.47. The minimum atomic E-state index is -0.334. The highest BCUT2D eigenvalue weighted by molar-refractivity contribution is 5.32. The molecule has 1 N–H and O–H groups in total. The second-order valence-electron chi connectivity index (χ2n) is 4.41. The maximum absolute atomic E-state index is 13.6. The maximum atomic E-state index is 13.6. The van der Waals surface area contributed by atoms with Crippen molar-refractivity contribution in [3.8, 4) is 6.07 Å². The standard InChI is InChI=1S/C15H21FN2O2/c1-19-8-9-20-7-3-2-6-18-12-14-5-4-13(11-17)10-15(14)16/h4-5,10,18H,2-3,6-9,12H2,1H3. The van der Waals surface area contributed by atoms with E-state index in [1.807, 2.05) is 6.07 Å². The van der Waals surface area contributed by atoms with Gasteiger partial charge in [0.25, 0.3) is 0 Å². The van der Waals surface area contributed by atoms with Crippen molar-refractivity contribution in [1.29, 1.82) is 5.26 Å². The Bertz CT molecular complexity index is 432. The Hall–Kier alpha value is -1.48. The van der Waals surface area contributed by atoms with Gasteiger partial charge in [-0.05, 0) is 31.5 Å². The number of hydrogen-bond donors (Lipinski definition) is 1. The highest BCUT2D eigenvalue weighted by Gasteiger charge is 2.02. The Kier molecular flexibility index (Phi) is 8.56. The van der Waals surface area contributed by atoms with Crippen molar-refractivity contribution < 1.29 is 13.9 Å². The molecule has 20 heavy (non-hydrogen) atoms. The molecule has 0 aromatic heterocycles. The first-order valence-electron chi connectivity index (χ1n) is 6.74. The molecule has 0 spiro atoms. The number of benzene rings is 1. The second-order valence-corrected chi connectivity index (χ2v) is 4.41. The molecule has 0 saturated carbocycles. The summed E-state index contributed by atoms with van der Waals surface area (Å²) in [5.74, 6) is -0.334. The molecule has 1 rings (SSSR count). The summed E-state index contributed by atoms with van der Waals surface area (Å²) in [7, 11) is 1.65. The summed E-state index contributed by atoms with van der Waals surface area (Å²) in [4.78, 5) is 0. The Balaban J connectivity index is 2.08. The Labute approximate surface area is 119 Å². The van der Waals surface area contributed by atoms with Gasteiger partial charge in [-0.3, -0.25) is 0 Å². The van der Waals surface area contributed by atoms with E-state index in [9.17, 15) is 4.39 Å². The van der Waals surface area contributed by atoms with Gasteiger partial charge in [0.15, 0.2) is 0 Å². The first kappa shape index (κ1) is 16.6. The summed E-state index contributed by atoms with van der Waals surface area (Å²) in [6, 6.07) is 6.46. The van der Waals surface area contributed by atoms with E-state index in [0.29, 0.717) is 30.9 Å². The fourth-order valence-corrected chi connectivity index (χ4v) is 1.68. The molecule has 0 heterocycles. The van der Waals surface area contributed by atoms with Gasteiger partial charge >= 0.3 is 0 Å². The fourth-order valence-electron chi connectivity index (χ4n) is 1.68. The quantitative estimate of drug-likeness (QED) is 0.668. The van der Waals surface area contributed by atoms with Crippen LogP contribution in [0.2, 0.25) is 0 Å². The van der Waals surface area contributed by atoms with Crippen LogP contribution in [-0.4, -0.2) is 33.5 Å². The monoisotopic (exact) mass is 280 g/mol. The first-order chi connectivity index (χ1) is 9.77. The molecule has 0 unspecified atom stereocenters. The zero-order valence-electron chi connectivity index (χ0n) is 11.8. The van der Waals surface area contributed by atoms with Gasteiger partial charge in [0.1, 0.15) is 5.82 Å². The summed E-state index contributed by atoms with van der Waals surface area (Å²) in [6.45, 7) is 3.25. The summed E-state index contributed by atoms with van der Waals surface area (Å²) in [5, 5.41) is 11.8. The predicted molar refractivity (Wildman–Crippen MR) is 74.8 cm³/mol. The zero-order valence-corrected chi connectivity index (χ0v) is 11.8. The Morgan fingerprint density at radius 2 is 2.10 bits per heavy atom. The molecule has 5 heteroatoms. The molecule has 0 aliphatic carbocycles. The van der Waals surface area contributed by atoms with Gasteiger partial charge in [-0.1, -0.05) is 6.07 Å². The van der Waals surface area contributed by atoms with Gasteiger partial charge in [-0.25, -0.2) is 4.39 Å². The van der Waals surface area contributed by atoms with Crippen LogP contribution in [0.15, 0.2) is 18.2 Å². The second kappa shape index (κ2) is 10.3. The molecule has 1 aromatic carbocycles. The van der Waals surface area contributed by atoms with E-state index in [1.165, 1.54) is 6.07 Å². The van der Waals surface area contributed by atoms with Crippen LogP contribution in [0.25, 0.3) is 0 Å². The highest BCUT2D eigenvalue weighted by Crippen LogP contribution is 2.09. The third kappa shape index (κ3) is 6.62. The van der Waals surface area contributed by atoms with Crippen molar-refractivity contribution >= 4 is 0 Å². The van der Waals surface area contributed by atoms with Crippen molar-refractivity contribution in [2.24, 2.45) is 0 Å². The van der Waals surface area contributed by atoms with E-state index < -0.39 is 0 Å². The number of nitrogens with one attached hydrogen (secondary N) is 1. The lowest BCUT2D eigenvalue weighted by molar-refractivity contribution is 0.0688. The van der Waals surface area contributed by atoms with Gasteiger partial charge in [-0.2, -0.15) is 5.26 Å². The number of nitrogens with zero attached hydrogens (tertiary/aromatic N) is 1. The molecule has 110 valence electrons. The smallest absolute Gasteiger partial charge is 0.129 e. The SMILES string of the molecule is COCCOCCCCNCc1ccc(C#N)cc1F. The zero-order chi connectivity index (χ0) is 14.6. The summed E-state index contributed by atoms with van der Waals surface area (Å²) < 4.78 is 23.8. The number of halogens is 1. The van der Waals surface area contributed by atoms with Crippen molar-refractivity contribution in [3.63, 3.8) is 0 Å². The number of methoxy groups -OCH3 is 1. The molecule has 0 bridgehead atoms. The Morgan fingerprint density at radius 1 is 1.25 bits per heavy atom. The number of nitriles is 1. The first-order valence-corrected chi connectivity index (χ1v) is 6.74. The molecule has 0 saturated heterocycles. The molecule has 1 aromatic rings. The molecule has 0 aliphatic rings. The van der Waals surface area contributed by atoms with Crippen LogP contribution in [0.3, 0.4) is 0 Å². The number of rotatable bonds is 10. The molecule has 4 nitrogen and oxygen atoms in total. The lowest BCUT2D eigenvalue weighted by atomic mass is 10.1. The summed E-state index contributed by atoms with van der Waals surface area (Å²) in [6.07, 6.45) is 1.94. The number of hydrogen-bond acceptors (Lipinski definition) is 4. The van der Waals surface area contributed by atoms with Crippen LogP contribution in [0.1, 0.15) is 24.0 Å². The normalized spacial score (nSPS) is 10.4. The van der Waals surface area contributed by atoms with E-state index in [-0.39, 0.29) is 5.82 Å². The number of ether oxygens (including phenoxy) is 2. The van der Waals surface area contributed by atoms with Crippen LogP contribution in [-0.2, 0) is 16.0 Å². The van der Waals surface area contributed by atoms with Gasteiger partial charge in [0.2, 0.25) is 0 Å². The van der Waals surface area contributed by atoms with Crippen LogP contribution in [0.4, 0.5) is 4.39 Å². The van der Waals surface area contributed by atoms with E-state index >= 15 is 0 Å². The van der Waals surface area contributed by atoms with Crippen molar-refractivity contribution in [1.82, 2.24) is 5.32 Å². The van der Waals surface area contributed by atoms with Gasteiger partial charge in [0, 0.05) is 25.8 Å². The summed E-state index contributed by atoms with van der Waals surface area (Å²) >= 11 is 0. The van der Waals surface area contributed by atoms with E-state index in [4.69, 9.17) is 14.7 Å². The molecule has 0 fully saturated rings. The van der Waals surface area contributed by atoms with Crippen LogP contribution in [0, 0.1) is 17.1 Å². The van der Waals surface area contributed by atoms with E-state index in [0.717, 1.165) is 26.0 Å². The topological polar surface area (TPSA) is 54.3 Å². The molecule has 0 atom stereocenters. The van der Waals surface area contributed by atoms with Gasteiger partial charge < -0.3 is 14.8 Å². The highest BCUT2D eigenvalue weighted by atomic mass is 19.1. The van der Waals surface area contributed by atoms with Crippen molar-refractivity contribution in [3.05, 3.63) is 35.1 Å². The molecular weight excluding hydrogens is 259 g/mol. The molecule has 0 aliphatic heterocycles. The molecule has 0 amide bonds. The Morgan fingerprint density at radius 3 is 2.80 bits per heavy atom. The van der Waals surface area contributed by atoms with Crippen molar-refractivity contribution in [2.45, 2.75) is 19.4 Å². The van der Waals surface area contributed by atoms with Crippen LogP contribution < -0.4 is 5.32 Å². The van der Waals surface area contributed by atoms with E-state index in [1.54, 1.807) is 19.2 Å². The van der Waals surface area contributed by atoms with Gasteiger partial charge in [-0.15, -0.1) is 0 Å². The minimum Gasteiger partial charge on any atom is -0.382 e. The van der Waals surface area contributed by atoms with Crippen LogP contribution >= 0.6 is 0 Å². The fraction of sp³-hybridized carbons (Fsp3) is 0.533. The van der Waals surface area contributed by atoms with Crippen LogP contribution in [0.5, 0.6) is 0 Å². The third-order valence-electron chi connectivity index (χ3n) is 2.82. The third-order valence-corrected chi connectivity index (χ3v) is 2.82. The van der Waals surface area contributed by atoms with Gasteiger partial charge in [0.05, 0.1) is 24.8 Å². The summed E-state index contributed by atoms with van der Waals surface area (Å²) in [5.41, 5.74) is 0.930.